The van der Waals surface area contributed by atoms with Gasteiger partial charge in [-0.1, -0.05) is 0 Å². The van der Waals surface area contributed by atoms with Crippen LogP contribution in [0, 0.1) is 0 Å². The van der Waals surface area contributed by atoms with Crippen molar-refractivity contribution in [1.29, 1.82) is 0 Å². The van der Waals surface area contributed by atoms with Crippen LogP contribution in [-0.4, -0.2) is 52.2 Å². The molecule has 0 aliphatic carbocycles. The second-order valence-corrected chi connectivity index (χ2v) is 6.93. The van der Waals surface area contributed by atoms with E-state index in [2.05, 4.69) is 35.7 Å². The van der Waals surface area contributed by atoms with Crippen LogP contribution >= 0.6 is 24.0 Å². The van der Waals surface area contributed by atoms with Gasteiger partial charge in [-0.15, -0.1) is 29.1 Å². The molecule has 3 N–H and O–H groups in total. The maximum absolute atomic E-state index is 5.69. The monoisotopic (exact) mass is 525 g/mol. The maximum Gasteiger partial charge on any atom is 0.216 e. The number of H-pyrrole nitrogens is 1. The molecule has 10 heteroatoms. The van der Waals surface area contributed by atoms with Crippen molar-refractivity contribution < 1.29 is 8.83 Å². The van der Waals surface area contributed by atoms with E-state index in [1.165, 1.54) is 12.8 Å². The molecule has 30 heavy (non-hydrogen) atoms. The van der Waals surface area contributed by atoms with E-state index in [0.717, 1.165) is 31.4 Å². The van der Waals surface area contributed by atoms with Crippen LogP contribution < -0.4 is 10.6 Å². The Balaban J connectivity index is 0.00000256. The molecule has 162 valence electrons. The van der Waals surface area contributed by atoms with E-state index in [1.54, 1.807) is 12.5 Å². The van der Waals surface area contributed by atoms with Crippen LogP contribution in [0.25, 0.3) is 11.6 Å². The Morgan fingerprint density at radius 1 is 1.20 bits per heavy atom. The van der Waals surface area contributed by atoms with E-state index in [4.69, 9.17) is 8.83 Å². The number of guanidine groups is 1. The second-order valence-electron chi connectivity index (χ2n) is 6.93. The Morgan fingerprint density at radius 2 is 2.00 bits per heavy atom. The number of hydrogen-bond acceptors (Lipinski definition) is 6. The first-order valence-corrected chi connectivity index (χ1v) is 10.1. The summed E-state index contributed by atoms with van der Waals surface area (Å²) in [5.41, 5.74) is 0. The summed E-state index contributed by atoms with van der Waals surface area (Å²) in [4.78, 5) is 11.5. The van der Waals surface area contributed by atoms with Crippen LogP contribution in [0.15, 0.2) is 50.6 Å². The lowest BCUT2D eigenvalue weighted by molar-refractivity contribution is 0.215. The van der Waals surface area contributed by atoms with Gasteiger partial charge in [0.1, 0.15) is 18.1 Å². The number of likely N-dealkylation sites (tertiary alicyclic amines) is 1. The highest BCUT2D eigenvalue weighted by molar-refractivity contribution is 14.0. The van der Waals surface area contributed by atoms with E-state index in [9.17, 15) is 0 Å². The number of halogens is 1. The van der Waals surface area contributed by atoms with Crippen LogP contribution in [0.2, 0.25) is 0 Å². The first-order valence-electron chi connectivity index (χ1n) is 10.1. The maximum atomic E-state index is 5.69. The van der Waals surface area contributed by atoms with Gasteiger partial charge in [0.15, 0.2) is 11.7 Å². The number of nitrogens with one attached hydrogen (secondary N) is 3. The number of aromatic amines is 1. The van der Waals surface area contributed by atoms with Gasteiger partial charge in [-0.05, 0) is 57.1 Å². The summed E-state index contributed by atoms with van der Waals surface area (Å²) in [5, 5.41) is 13.8. The lowest BCUT2D eigenvalue weighted by Gasteiger charge is -2.26. The number of aliphatic imine (C=N–C) groups is 1. The van der Waals surface area contributed by atoms with Crippen molar-refractivity contribution in [2.45, 2.75) is 32.4 Å². The number of nitrogens with zero attached hydrogens (tertiary/aromatic N) is 4. The molecule has 4 heterocycles. The Hall–Kier alpha value is -2.34. The van der Waals surface area contributed by atoms with Gasteiger partial charge in [0.2, 0.25) is 5.82 Å². The summed E-state index contributed by atoms with van der Waals surface area (Å²) in [6.07, 6.45) is 5.80. The quantitative estimate of drug-likeness (QED) is 0.236. The van der Waals surface area contributed by atoms with Crippen molar-refractivity contribution in [2.75, 3.05) is 26.2 Å². The fraction of sp³-hybridized carbons (Fsp3) is 0.450. The average Bonchev–Trinajstić information content (AvgIpc) is 3.54. The summed E-state index contributed by atoms with van der Waals surface area (Å²) in [5.74, 6) is 3.56. The molecule has 0 radical (unpaired) electrons. The Morgan fingerprint density at radius 3 is 2.70 bits per heavy atom. The molecule has 1 aliphatic rings. The standard InChI is InChI=1S/C20H27N7O2.HI/c1-2-21-20(23-14-18-24-19(26-25-18)17-8-6-12-29-17)22-13-15(16-7-5-11-28-16)27-9-3-4-10-27;/h5-8,11-12,15H,2-4,9-10,13-14H2,1H3,(H2,21,22,23)(H,24,25,26);1H. The largest absolute Gasteiger partial charge is 0.468 e. The predicted octanol–water partition coefficient (Wildman–Crippen LogP) is 3.17. The molecule has 9 nitrogen and oxygen atoms in total. The van der Waals surface area contributed by atoms with Crippen LogP contribution in [0.1, 0.15) is 37.4 Å². The summed E-state index contributed by atoms with van der Waals surface area (Å²) in [6, 6.07) is 7.81. The van der Waals surface area contributed by atoms with E-state index < -0.39 is 0 Å². The van der Waals surface area contributed by atoms with Gasteiger partial charge in [0.05, 0.1) is 18.6 Å². The summed E-state index contributed by atoms with van der Waals surface area (Å²) >= 11 is 0. The molecule has 0 bridgehead atoms. The van der Waals surface area contributed by atoms with E-state index >= 15 is 0 Å². The normalized spacial score (nSPS) is 15.7. The molecule has 1 aliphatic heterocycles. The van der Waals surface area contributed by atoms with Crippen molar-refractivity contribution >= 4 is 29.9 Å². The van der Waals surface area contributed by atoms with Crippen molar-refractivity contribution in [1.82, 2.24) is 30.7 Å². The number of hydrogen-bond donors (Lipinski definition) is 3. The fourth-order valence-electron chi connectivity index (χ4n) is 3.51. The minimum Gasteiger partial charge on any atom is -0.468 e. The van der Waals surface area contributed by atoms with Crippen molar-refractivity contribution in [3.8, 4) is 11.6 Å². The zero-order valence-corrected chi connectivity index (χ0v) is 19.3. The topological polar surface area (TPSA) is 108 Å². The molecule has 1 fully saturated rings. The average molecular weight is 525 g/mol. The highest BCUT2D eigenvalue weighted by atomic mass is 127. The third-order valence-electron chi connectivity index (χ3n) is 4.92. The Labute approximate surface area is 192 Å². The highest BCUT2D eigenvalue weighted by Gasteiger charge is 2.25. The second kappa shape index (κ2) is 11.2. The van der Waals surface area contributed by atoms with Gasteiger partial charge in [0.25, 0.3) is 0 Å². The third-order valence-corrected chi connectivity index (χ3v) is 4.92. The highest BCUT2D eigenvalue weighted by Crippen LogP contribution is 2.24. The van der Waals surface area contributed by atoms with Crippen LogP contribution in [0.4, 0.5) is 0 Å². The fourth-order valence-corrected chi connectivity index (χ4v) is 3.51. The molecule has 0 saturated carbocycles. The summed E-state index contributed by atoms with van der Waals surface area (Å²) < 4.78 is 11.0. The smallest absolute Gasteiger partial charge is 0.216 e. The molecule has 0 spiro atoms. The molecule has 0 amide bonds. The predicted molar refractivity (Wildman–Crippen MR) is 125 cm³/mol. The van der Waals surface area contributed by atoms with Gasteiger partial charge >= 0.3 is 0 Å². The molecule has 3 aromatic rings. The van der Waals surface area contributed by atoms with E-state index in [-0.39, 0.29) is 30.0 Å². The van der Waals surface area contributed by atoms with Crippen molar-refractivity contribution in [3.63, 3.8) is 0 Å². The van der Waals surface area contributed by atoms with E-state index in [0.29, 0.717) is 30.5 Å². The minimum atomic E-state index is 0. The van der Waals surface area contributed by atoms with Gasteiger partial charge < -0.3 is 19.5 Å². The lowest BCUT2D eigenvalue weighted by Crippen LogP contribution is -2.42. The van der Waals surface area contributed by atoms with Crippen molar-refractivity contribution in [3.05, 3.63) is 48.4 Å². The van der Waals surface area contributed by atoms with Gasteiger partial charge in [0, 0.05) is 13.1 Å². The van der Waals surface area contributed by atoms with Gasteiger partial charge in [-0.3, -0.25) is 10.00 Å². The third kappa shape index (κ3) is 5.63. The molecule has 1 saturated heterocycles. The van der Waals surface area contributed by atoms with Gasteiger partial charge in [-0.25, -0.2) is 9.98 Å². The lowest BCUT2D eigenvalue weighted by atomic mass is 10.2. The number of furan rings is 2. The molecular weight excluding hydrogens is 497 g/mol. The zero-order chi connectivity index (χ0) is 19.9. The van der Waals surface area contributed by atoms with Crippen LogP contribution in [0.5, 0.6) is 0 Å². The molecule has 1 unspecified atom stereocenters. The SMILES string of the molecule is CCNC(=NCc1nc(-c2ccco2)n[nH]1)NCC(c1ccco1)N1CCCC1.I. The molecule has 4 rings (SSSR count). The van der Waals surface area contributed by atoms with Crippen LogP contribution in [0.3, 0.4) is 0 Å². The molecule has 1 atom stereocenters. The minimum absolute atomic E-state index is 0. The van der Waals surface area contributed by atoms with Gasteiger partial charge in [-0.2, -0.15) is 0 Å². The first-order chi connectivity index (χ1) is 14.3. The van der Waals surface area contributed by atoms with E-state index in [1.807, 2.05) is 31.2 Å². The van der Waals surface area contributed by atoms with Crippen molar-refractivity contribution in [2.24, 2.45) is 4.99 Å². The Bertz CT molecular complexity index is 886. The zero-order valence-electron chi connectivity index (χ0n) is 17.0. The molecule has 0 aromatic carbocycles. The summed E-state index contributed by atoms with van der Waals surface area (Å²) in [7, 11) is 0. The number of aromatic nitrogens is 3. The van der Waals surface area contributed by atoms with Crippen LogP contribution in [-0.2, 0) is 6.54 Å². The number of rotatable bonds is 8. The molecular formula is C20H28IN7O2. The summed E-state index contributed by atoms with van der Waals surface area (Å²) in [6.45, 7) is 6.11. The first kappa shape index (κ1) is 22.3. The Kier molecular flexibility index (Phi) is 8.31. The molecule has 3 aromatic heterocycles.